The van der Waals surface area contributed by atoms with Crippen LogP contribution >= 0.6 is 11.8 Å². The first-order chi connectivity index (χ1) is 20.8. The number of benzene rings is 1. The van der Waals surface area contributed by atoms with Gasteiger partial charge in [-0.05, 0) is 41.9 Å². The van der Waals surface area contributed by atoms with Gasteiger partial charge in [-0.3, -0.25) is 14.4 Å². The Bertz CT molecular complexity index is 981. The molecule has 0 aliphatic heterocycles. The maximum Gasteiger partial charge on any atom is 0.305 e. The number of hydrogen-bond donors (Lipinski definition) is 2. The van der Waals surface area contributed by atoms with Gasteiger partial charge in [-0.15, -0.1) is 0 Å². The molecule has 1 aliphatic carbocycles. The highest BCUT2D eigenvalue weighted by atomic mass is 32.2. The van der Waals surface area contributed by atoms with E-state index in [0.29, 0.717) is 32.3 Å². The molecule has 0 heterocycles. The summed E-state index contributed by atoms with van der Waals surface area (Å²) in [6, 6.07) is 7.87. The summed E-state index contributed by atoms with van der Waals surface area (Å²) in [6.07, 6.45) is 11.3. The maximum atomic E-state index is 12.5. The van der Waals surface area contributed by atoms with Crippen molar-refractivity contribution in [3.63, 3.8) is 0 Å². The zero-order valence-electron chi connectivity index (χ0n) is 26.0. The van der Waals surface area contributed by atoms with E-state index in [-0.39, 0.29) is 55.6 Å². The Labute approximate surface area is 261 Å². The molecule has 0 saturated heterocycles. The Balaban J connectivity index is 1.57. The standard InChI is InChI=1S/C34H52O8S/c1-3-4-5-6-7-8-13-33(38)41-18-19-42-34(39)14-10-20-43-21-17-30-29(31(36)24-32(30)37)16-15-28(35)23-26-11-9-12-27(22-26)25-40-2/h9,11-12,15-16,22,28-31,35-36H,3-8,10,13-14,17-21,23-25H2,1-2H3/t28-,29-,30-,31-/m1/s1. The van der Waals surface area contributed by atoms with Gasteiger partial charge in [0.2, 0.25) is 0 Å². The molecule has 242 valence electrons. The fourth-order valence-corrected chi connectivity index (χ4v) is 6.28. The van der Waals surface area contributed by atoms with E-state index in [4.69, 9.17) is 14.2 Å². The molecule has 8 nitrogen and oxygen atoms in total. The number of carbonyl (C=O) groups is 3. The van der Waals surface area contributed by atoms with Gasteiger partial charge in [0.1, 0.15) is 19.0 Å². The predicted molar refractivity (Wildman–Crippen MR) is 170 cm³/mol. The molecule has 0 radical (unpaired) electrons. The van der Waals surface area contributed by atoms with Crippen LogP contribution in [0.1, 0.15) is 88.7 Å². The molecule has 43 heavy (non-hydrogen) atoms. The fourth-order valence-electron chi connectivity index (χ4n) is 5.31. The SMILES string of the molecule is CCCCCCCCC(=O)OCCOC(=O)CCCSCC[C@H]1C(=O)C[C@@H](O)[C@@H]1C=C[C@@H](O)Cc1cccc(COC)c1. The van der Waals surface area contributed by atoms with E-state index in [9.17, 15) is 24.6 Å². The number of ketones is 1. The zero-order valence-corrected chi connectivity index (χ0v) is 26.9. The Morgan fingerprint density at radius 3 is 2.40 bits per heavy atom. The predicted octanol–water partition coefficient (Wildman–Crippen LogP) is 5.60. The Morgan fingerprint density at radius 1 is 1.00 bits per heavy atom. The minimum atomic E-state index is -0.736. The van der Waals surface area contributed by atoms with Gasteiger partial charge >= 0.3 is 11.9 Å². The summed E-state index contributed by atoms with van der Waals surface area (Å²) in [5.74, 6) is 0.423. The average molecular weight is 621 g/mol. The molecule has 0 unspecified atom stereocenters. The lowest BCUT2D eigenvalue weighted by molar-refractivity contribution is -0.152. The molecule has 2 N–H and O–H groups in total. The molecule has 1 aliphatic rings. The van der Waals surface area contributed by atoms with Crippen LogP contribution in [0.5, 0.6) is 0 Å². The minimum absolute atomic E-state index is 0.0563. The van der Waals surface area contributed by atoms with Crippen molar-refractivity contribution in [2.45, 2.75) is 103 Å². The van der Waals surface area contributed by atoms with Gasteiger partial charge in [0, 0.05) is 44.6 Å². The molecule has 0 amide bonds. The molecule has 0 bridgehead atoms. The quantitative estimate of drug-likeness (QED) is 0.0915. The number of rotatable bonds is 23. The van der Waals surface area contributed by atoms with Gasteiger partial charge in [0.15, 0.2) is 0 Å². The van der Waals surface area contributed by atoms with E-state index in [1.165, 1.54) is 19.3 Å². The van der Waals surface area contributed by atoms with E-state index in [1.807, 2.05) is 24.3 Å². The lowest BCUT2D eigenvalue weighted by atomic mass is 9.91. The van der Waals surface area contributed by atoms with Crippen LogP contribution in [0.15, 0.2) is 36.4 Å². The fraction of sp³-hybridized carbons (Fsp3) is 0.676. The van der Waals surface area contributed by atoms with Gasteiger partial charge in [0.25, 0.3) is 0 Å². The van der Waals surface area contributed by atoms with E-state index in [2.05, 4.69) is 6.92 Å². The molecule has 9 heteroatoms. The molecule has 0 spiro atoms. The summed E-state index contributed by atoms with van der Waals surface area (Å²) < 4.78 is 15.5. The van der Waals surface area contributed by atoms with Crippen LogP contribution in [0.4, 0.5) is 0 Å². The second-order valence-corrected chi connectivity index (χ2v) is 12.5. The second kappa shape index (κ2) is 22.3. The highest BCUT2D eigenvalue weighted by molar-refractivity contribution is 7.99. The molecule has 1 aromatic rings. The molecule has 1 aromatic carbocycles. The van der Waals surface area contributed by atoms with Crippen molar-refractivity contribution in [2.24, 2.45) is 11.8 Å². The first-order valence-electron chi connectivity index (χ1n) is 15.9. The summed E-state index contributed by atoms with van der Waals surface area (Å²) in [6.45, 7) is 2.85. The number of Topliss-reactive ketones (excluding diaryl/α,β-unsaturated/α-hetero) is 1. The lowest BCUT2D eigenvalue weighted by Crippen LogP contribution is -2.20. The van der Waals surface area contributed by atoms with Crippen LogP contribution in [0.2, 0.25) is 0 Å². The van der Waals surface area contributed by atoms with Crippen LogP contribution < -0.4 is 0 Å². The topological polar surface area (TPSA) is 119 Å². The normalized spacial score (nSPS) is 19.2. The van der Waals surface area contributed by atoms with E-state index in [1.54, 1.807) is 31.0 Å². The molecule has 4 atom stereocenters. The lowest BCUT2D eigenvalue weighted by Gasteiger charge is -2.18. The molecular weight excluding hydrogens is 568 g/mol. The molecule has 1 fully saturated rings. The minimum Gasteiger partial charge on any atom is -0.462 e. The summed E-state index contributed by atoms with van der Waals surface area (Å²) in [5, 5.41) is 21.0. The average Bonchev–Trinajstić information content (AvgIpc) is 3.25. The smallest absolute Gasteiger partial charge is 0.305 e. The van der Waals surface area contributed by atoms with Crippen LogP contribution in [0.3, 0.4) is 0 Å². The van der Waals surface area contributed by atoms with Gasteiger partial charge in [-0.25, -0.2) is 0 Å². The first kappa shape index (κ1) is 37.0. The third-order valence-corrected chi connectivity index (χ3v) is 8.72. The highest BCUT2D eigenvalue weighted by Crippen LogP contribution is 2.34. The van der Waals surface area contributed by atoms with Crippen molar-refractivity contribution < 1.29 is 38.8 Å². The number of aliphatic hydroxyl groups is 2. The van der Waals surface area contributed by atoms with Gasteiger partial charge in [0.05, 0.1) is 18.8 Å². The van der Waals surface area contributed by atoms with E-state index < -0.39 is 12.2 Å². The van der Waals surface area contributed by atoms with Crippen molar-refractivity contribution in [2.75, 3.05) is 31.8 Å². The number of esters is 2. The van der Waals surface area contributed by atoms with Crippen molar-refractivity contribution in [3.05, 3.63) is 47.5 Å². The molecular formula is C34H52O8S. The van der Waals surface area contributed by atoms with Crippen molar-refractivity contribution in [1.29, 1.82) is 0 Å². The molecule has 2 rings (SSSR count). The summed E-state index contributed by atoms with van der Waals surface area (Å²) in [4.78, 5) is 36.2. The number of ether oxygens (including phenoxy) is 3. The second-order valence-electron chi connectivity index (χ2n) is 11.3. The highest BCUT2D eigenvalue weighted by Gasteiger charge is 2.39. The van der Waals surface area contributed by atoms with Crippen molar-refractivity contribution >= 4 is 29.5 Å². The number of aliphatic hydroxyl groups excluding tert-OH is 2. The van der Waals surface area contributed by atoms with Gasteiger partial charge in [-0.2, -0.15) is 11.8 Å². The summed E-state index contributed by atoms with van der Waals surface area (Å²) >= 11 is 1.67. The summed E-state index contributed by atoms with van der Waals surface area (Å²) in [7, 11) is 1.65. The summed E-state index contributed by atoms with van der Waals surface area (Å²) in [5.41, 5.74) is 2.04. The van der Waals surface area contributed by atoms with Crippen molar-refractivity contribution in [3.8, 4) is 0 Å². The number of unbranched alkanes of at least 4 members (excludes halogenated alkanes) is 5. The van der Waals surface area contributed by atoms with E-state index in [0.717, 1.165) is 41.9 Å². The third kappa shape index (κ3) is 15.9. The van der Waals surface area contributed by atoms with Crippen LogP contribution in [-0.2, 0) is 41.6 Å². The molecule has 0 aromatic heterocycles. The number of carbonyl (C=O) groups excluding carboxylic acids is 3. The largest absolute Gasteiger partial charge is 0.462 e. The maximum absolute atomic E-state index is 12.5. The number of thioether (sulfide) groups is 1. The Morgan fingerprint density at radius 2 is 1.67 bits per heavy atom. The number of methoxy groups -OCH3 is 1. The number of hydrogen-bond acceptors (Lipinski definition) is 9. The van der Waals surface area contributed by atoms with Crippen LogP contribution in [0, 0.1) is 11.8 Å². The monoisotopic (exact) mass is 620 g/mol. The van der Waals surface area contributed by atoms with E-state index >= 15 is 0 Å². The Kier molecular flexibility index (Phi) is 19.2. The van der Waals surface area contributed by atoms with Gasteiger partial charge in [-0.1, -0.05) is 75.4 Å². The first-order valence-corrected chi connectivity index (χ1v) is 17.0. The zero-order chi connectivity index (χ0) is 31.3. The Hall–Kier alpha value is -2.20. The molecule has 1 saturated carbocycles. The van der Waals surface area contributed by atoms with Crippen LogP contribution in [0.25, 0.3) is 0 Å². The third-order valence-electron chi connectivity index (χ3n) is 7.62. The van der Waals surface area contributed by atoms with Crippen LogP contribution in [-0.4, -0.2) is 72.0 Å². The van der Waals surface area contributed by atoms with Crippen molar-refractivity contribution in [1.82, 2.24) is 0 Å². The van der Waals surface area contributed by atoms with Gasteiger partial charge < -0.3 is 24.4 Å².